The summed E-state index contributed by atoms with van der Waals surface area (Å²) in [5.41, 5.74) is 6.08. The zero-order valence-electron chi connectivity index (χ0n) is 9.53. The molecule has 86 valence electrons. The first-order chi connectivity index (χ1) is 7.10. The Morgan fingerprint density at radius 2 is 2.00 bits per heavy atom. The molecule has 0 aliphatic heterocycles. The van der Waals surface area contributed by atoms with E-state index in [1.54, 1.807) is 11.3 Å². The largest absolute Gasteiger partial charge is 0.326 e. The molecule has 0 amide bonds. The second-order valence-electron chi connectivity index (χ2n) is 3.67. The van der Waals surface area contributed by atoms with E-state index in [1.807, 2.05) is 0 Å². The minimum atomic E-state index is 0.162. The minimum Gasteiger partial charge on any atom is -0.326 e. The average molecular weight is 291 g/mol. The van der Waals surface area contributed by atoms with Crippen LogP contribution >= 0.6 is 27.3 Å². The summed E-state index contributed by atoms with van der Waals surface area (Å²) in [5.74, 6) is 0. The maximum atomic E-state index is 6.08. The van der Waals surface area contributed by atoms with Gasteiger partial charge in [0.25, 0.3) is 0 Å². The lowest BCUT2D eigenvalue weighted by Gasteiger charge is -2.31. The first kappa shape index (κ1) is 13.2. The highest BCUT2D eigenvalue weighted by Gasteiger charge is 2.23. The van der Waals surface area contributed by atoms with Crippen molar-refractivity contribution >= 4 is 27.3 Å². The highest BCUT2D eigenvalue weighted by molar-refractivity contribution is 9.11. The summed E-state index contributed by atoms with van der Waals surface area (Å²) < 4.78 is 1.18. The Hall–Kier alpha value is 0.1000. The molecule has 0 aliphatic carbocycles. The Morgan fingerprint density at radius 1 is 1.40 bits per heavy atom. The van der Waals surface area contributed by atoms with Gasteiger partial charge >= 0.3 is 0 Å². The van der Waals surface area contributed by atoms with E-state index in [4.69, 9.17) is 5.73 Å². The standard InChI is InChI=1S/C11H19BrN2S/c1-4-14(5-2)11(8(3)13)9-6-7-10(12)15-9/h6-8,11H,4-5,13H2,1-3H3. The monoisotopic (exact) mass is 290 g/mol. The van der Waals surface area contributed by atoms with Gasteiger partial charge in [0.1, 0.15) is 0 Å². The predicted octanol–water partition coefficient (Wildman–Crippen LogP) is 3.24. The normalized spacial score (nSPS) is 15.6. The van der Waals surface area contributed by atoms with Crippen molar-refractivity contribution in [2.75, 3.05) is 13.1 Å². The predicted molar refractivity (Wildman–Crippen MR) is 71.3 cm³/mol. The molecule has 15 heavy (non-hydrogen) atoms. The van der Waals surface area contributed by atoms with Crippen LogP contribution in [0.1, 0.15) is 31.7 Å². The zero-order chi connectivity index (χ0) is 11.4. The van der Waals surface area contributed by atoms with Crippen LogP contribution in [0.5, 0.6) is 0 Å². The molecule has 0 bridgehead atoms. The number of likely N-dealkylation sites (N-methyl/N-ethyl adjacent to an activating group) is 1. The molecule has 1 rings (SSSR count). The van der Waals surface area contributed by atoms with Crippen molar-refractivity contribution in [2.24, 2.45) is 5.73 Å². The van der Waals surface area contributed by atoms with Crippen molar-refractivity contribution in [1.82, 2.24) is 4.90 Å². The second kappa shape index (κ2) is 5.99. The van der Waals surface area contributed by atoms with Crippen LogP contribution < -0.4 is 5.73 Å². The topological polar surface area (TPSA) is 29.3 Å². The zero-order valence-corrected chi connectivity index (χ0v) is 11.9. The Bertz CT molecular complexity index is 295. The van der Waals surface area contributed by atoms with Crippen molar-refractivity contribution in [2.45, 2.75) is 32.9 Å². The molecule has 0 saturated heterocycles. The van der Waals surface area contributed by atoms with Crippen molar-refractivity contribution in [3.8, 4) is 0 Å². The van der Waals surface area contributed by atoms with Crippen LogP contribution in [0, 0.1) is 0 Å². The molecule has 0 aliphatic rings. The molecule has 1 aromatic rings. The first-order valence-electron chi connectivity index (χ1n) is 5.35. The molecule has 4 heteroatoms. The molecule has 2 atom stereocenters. The summed E-state index contributed by atoms with van der Waals surface area (Å²) >= 11 is 5.28. The van der Waals surface area contributed by atoms with Gasteiger partial charge in [-0.15, -0.1) is 11.3 Å². The van der Waals surface area contributed by atoms with E-state index in [0.717, 1.165) is 13.1 Å². The lowest BCUT2D eigenvalue weighted by Crippen LogP contribution is -2.38. The molecular weight excluding hydrogens is 272 g/mol. The van der Waals surface area contributed by atoms with Gasteiger partial charge in [0, 0.05) is 10.9 Å². The van der Waals surface area contributed by atoms with Crippen LogP contribution in [0.4, 0.5) is 0 Å². The summed E-state index contributed by atoms with van der Waals surface area (Å²) in [6.07, 6.45) is 0. The molecule has 0 aromatic carbocycles. The van der Waals surface area contributed by atoms with Gasteiger partial charge in [-0.1, -0.05) is 13.8 Å². The van der Waals surface area contributed by atoms with Crippen LogP contribution in [0.15, 0.2) is 15.9 Å². The molecular formula is C11H19BrN2S. The summed E-state index contributed by atoms with van der Waals surface area (Å²) in [6.45, 7) is 8.52. The molecule has 1 heterocycles. The van der Waals surface area contributed by atoms with Crippen LogP contribution in [0.3, 0.4) is 0 Å². The van der Waals surface area contributed by atoms with Gasteiger partial charge in [0.2, 0.25) is 0 Å². The van der Waals surface area contributed by atoms with E-state index in [0.29, 0.717) is 6.04 Å². The number of hydrogen-bond acceptors (Lipinski definition) is 3. The van der Waals surface area contributed by atoms with Gasteiger partial charge < -0.3 is 5.73 Å². The number of nitrogens with zero attached hydrogens (tertiary/aromatic N) is 1. The Kier molecular flexibility index (Phi) is 5.26. The summed E-state index contributed by atoms with van der Waals surface area (Å²) in [4.78, 5) is 3.75. The van der Waals surface area contributed by atoms with E-state index in [9.17, 15) is 0 Å². The highest BCUT2D eigenvalue weighted by Crippen LogP contribution is 2.32. The minimum absolute atomic E-state index is 0.162. The number of rotatable bonds is 5. The van der Waals surface area contributed by atoms with E-state index in [1.165, 1.54) is 8.66 Å². The SMILES string of the molecule is CCN(CC)C(c1ccc(Br)s1)C(C)N. The lowest BCUT2D eigenvalue weighted by atomic mass is 10.1. The average Bonchev–Trinajstić information content (AvgIpc) is 2.59. The van der Waals surface area contributed by atoms with Crippen LogP contribution in [-0.2, 0) is 0 Å². The highest BCUT2D eigenvalue weighted by atomic mass is 79.9. The van der Waals surface area contributed by atoms with Crippen molar-refractivity contribution in [3.05, 3.63) is 20.8 Å². The maximum absolute atomic E-state index is 6.08. The van der Waals surface area contributed by atoms with Gasteiger partial charge in [-0.05, 0) is 48.1 Å². The molecule has 2 nitrogen and oxygen atoms in total. The third-order valence-corrected chi connectivity index (χ3v) is 4.28. The third-order valence-electron chi connectivity index (χ3n) is 2.59. The second-order valence-corrected chi connectivity index (χ2v) is 6.16. The number of thiophene rings is 1. The smallest absolute Gasteiger partial charge is 0.0702 e. The molecule has 0 spiro atoms. The fraction of sp³-hybridized carbons (Fsp3) is 0.636. The van der Waals surface area contributed by atoms with Crippen molar-refractivity contribution in [3.63, 3.8) is 0 Å². The Morgan fingerprint density at radius 3 is 2.33 bits per heavy atom. The first-order valence-corrected chi connectivity index (χ1v) is 6.95. The molecule has 0 fully saturated rings. The van der Waals surface area contributed by atoms with E-state index in [-0.39, 0.29) is 6.04 Å². The summed E-state index contributed by atoms with van der Waals surface area (Å²) in [7, 11) is 0. The number of halogens is 1. The van der Waals surface area contributed by atoms with Gasteiger partial charge in [0.15, 0.2) is 0 Å². The van der Waals surface area contributed by atoms with Gasteiger partial charge in [-0.25, -0.2) is 0 Å². The van der Waals surface area contributed by atoms with Crippen molar-refractivity contribution < 1.29 is 0 Å². The molecule has 0 saturated carbocycles. The van der Waals surface area contributed by atoms with Crippen LogP contribution in [-0.4, -0.2) is 24.0 Å². The maximum Gasteiger partial charge on any atom is 0.0702 e. The Balaban J connectivity index is 2.91. The number of hydrogen-bond donors (Lipinski definition) is 1. The summed E-state index contributed by atoms with van der Waals surface area (Å²) in [6, 6.07) is 4.77. The Labute approximate surface area is 105 Å². The quantitative estimate of drug-likeness (QED) is 0.902. The molecule has 2 N–H and O–H groups in total. The fourth-order valence-corrected chi connectivity index (χ4v) is 3.55. The van der Waals surface area contributed by atoms with E-state index < -0.39 is 0 Å². The molecule has 0 radical (unpaired) electrons. The van der Waals surface area contributed by atoms with E-state index in [2.05, 4.69) is 53.7 Å². The fourth-order valence-electron chi connectivity index (χ4n) is 1.88. The number of nitrogens with two attached hydrogens (primary N) is 1. The van der Waals surface area contributed by atoms with Crippen LogP contribution in [0.2, 0.25) is 0 Å². The van der Waals surface area contributed by atoms with Gasteiger partial charge in [-0.3, -0.25) is 4.90 Å². The van der Waals surface area contributed by atoms with Crippen LogP contribution in [0.25, 0.3) is 0 Å². The van der Waals surface area contributed by atoms with E-state index >= 15 is 0 Å². The van der Waals surface area contributed by atoms with Gasteiger partial charge in [0.05, 0.1) is 9.83 Å². The summed E-state index contributed by atoms with van der Waals surface area (Å²) in [5, 5.41) is 0. The lowest BCUT2D eigenvalue weighted by molar-refractivity contribution is 0.198. The van der Waals surface area contributed by atoms with Gasteiger partial charge in [-0.2, -0.15) is 0 Å². The third kappa shape index (κ3) is 3.28. The van der Waals surface area contributed by atoms with Crippen molar-refractivity contribution in [1.29, 1.82) is 0 Å². The molecule has 1 aromatic heterocycles. The molecule has 2 unspecified atom stereocenters.